The van der Waals surface area contributed by atoms with Gasteiger partial charge in [-0.2, -0.15) is 13.2 Å². The molecule has 1 atom stereocenters. The zero-order chi connectivity index (χ0) is 25.5. The normalized spacial score (nSPS) is 18.1. The van der Waals surface area contributed by atoms with E-state index < -0.39 is 24.1 Å². The van der Waals surface area contributed by atoms with Gasteiger partial charge in [0.25, 0.3) is 5.92 Å². The van der Waals surface area contributed by atoms with Crippen LogP contribution in [0.4, 0.5) is 22.0 Å². The molecular weight excluding hydrogens is 503 g/mol. The number of aromatic nitrogens is 7. The van der Waals surface area contributed by atoms with Crippen molar-refractivity contribution in [1.82, 2.24) is 39.6 Å². The highest BCUT2D eigenvalue weighted by Gasteiger charge is 2.49. The maximum atomic E-state index is 14.9. The van der Waals surface area contributed by atoms with Gasteiger partial charge in [0.2, 0.25) is 0 Å². The quantitative estimate of drug-likeness (QED) is 0.412. The Morgan fingerprint density at radius 1 is 1.29 bits per heavy atom. The van der Waals surface area contributed by atoms with E-state index in [0.717, 1.165) is 0 Å². The molecule has 1 aliphatic heterocycles. The average molecular weight is 519 g/mol. The molecule has 1 unspecified atom stereocenters. The largest absolute Gasteiger partial charge is 0.490 e. The maximum absolute atomic E-state index is 14.9. The number of likely N-dealkylation sites (tertiary alicyclic amines) is 1. The molecule has 1 N–H and O–H groups in total. The molecule has 1 aliphatic rings. The number of tetrazole rings is 1. The number of carbonyl (C=O) groups is 1. The highest BCUT2D eigenvalue weighted by atomic mass is 35.5. The minimum Gasteiger partial charge on any atom is -0.475 e. The van der Waals surface area contributed by atoms with Crippen LogP contribution in [0.15, 0.2) is 30.7 Å². The second-order valence-corrected chi connectivity index (χ2v) is 8.27. The molecule has 0 radical (unpaired) electrons. The van der Waals surface area contributed by atoms with Gasteiger partial charge in [-0.25, -0.2) is 23.2 Å². The summed E-state index contributed by atoms with van der Waals surface area (Å²) in [6, 6.07) is 4.17. The van der Waals surface area contributed by atoms with Gasteiger partial charge < -0.3 is 9.67 Å². The van der Waals surface area contributed by atoms with Gasteiger partial charge in [-0.15, -0.1) is 5.10 Å². The summed E-state index contributed by atoms with van der Waals surface area (Å²) in [7, 11) is 1.69. The van der Waals surface area contributed by atoms with E-state index in [2.05, 4.69) is 25.5 Å². The third-order valence-electron chi connectivity index (χ3n) is 5.25. The monoisotopic (exact) mass is 518 g/mol. The van der Waals surface area contributed by atoms with Crippen molar-refractivity contribution in [3.63, 3.8) is 0 Å². The molecule has 4 aromatic rings. The van der Waals surface area contributed by atoms with Crippen LogP contribution in [-0.4, -0.2) is 83.0 Å². The molecule has 3 aromatic heterocycles. The molecule has 0 amide bonds. The summed E-state index contributed by atoms with van der Waals surface area (Å²) < 4.78 is 64.6. The summed E-state index contributed by atoms with van der Waals surface area (Å²) in [6.07, 6.45) is -2.06. The predicted molar refractivity (Wildman–Crippen MR) is 112 cm³/mol. The molecule has 0 spiro atoms. The third-order valence-corrected chi connectivity index (χ3v) is 5.49. The van der Waals surface area contributed by atoms with Gasteiger partial charge in [0, 0.05) is 17.0 Å². The number of benzene rings is 1. The Balaban J connectivity index is 0.000000364. The molecule has 5 rings (SSSR count). The smallest absolute Gasteiger partial charge is 0.475 e. The van der Waals surface area contributed by atoms with Gasteiger partial charge in [0.15, 0.2) is 0 Å². The first-order valence-corrected chi connectivity index (χ1v) is 10.3. The maximum Gasteiger partial charge on any atom is 0.490 e. The first-order valence-electron chi connectivity index (χ1n) is 9.89. The molecule has 1 aromatic carbocycles. The van der Waals surface area contributed by atoms with Crippen LogP contribution in [0.25, 0.3) is 21.9 Å². The minimum absolute atomic E-state index is 0.167. The topological polar surface area (TPSA) is 115 Å². The average Bonchev–Trinajstić information content (AvgIpc) is 3.45. The van der Waals surface area contributed by atoms with Gasteiger partial charge in [-0.3, -0.25) is 9.88 Å². The number of hydrogen-bond acceptors (Lipinski definition) is 7. The number of aliphatic carboxylic acids is 1. The van der Waals surface area contributed by atoms with Crippen molar-refractivity contribution in [2.45, 2.75) is 24.7 Å². The van der Waals surface area contributed by atoms with Crippen molar-refractivity contribution in [2.24, 2.45) is 0 Å². The summed E-state index contributed by atoms with van der Waals surface area (Å²) in [4.78, 5) is 19.5. The molecule has 1 fully saturated rings. The zero-order valence-electron chi connectivity index (χ0n) is 17.8. The lowest BCUT2D eigenvalue weighted by Crippen LogP contribution is -2.31. The van der Waals surface area contributed by atoms with Crippen LogP contribution in [0.1, 0.15) is 11.9 Å². The van der Waals surface area contributed by atoms with Crippen molar-refractivity contribution in [3.05, 3.63) is 41.6 Å². The van der Waals surface area contributed by atoms with Gasteiger partial charge in [0.05, 0.1) is 23.8 Å². The highest BCUT2D eigenvalue weighted by molar-refractivity contribution is 6.31. The summed E-state index contributed by atoms with van der Waals surface area (Å²) >= 11 is 6.19. The second kappa shape index (κ2) is 8.96. The van der Waals surface area contributed by atoms with E-state index in [1.54, 1.807) is 40.9 Å². The number of hydrogen-bond donors (Lipinski definition) is 1. The first-order chi connectivity index (χ1) is 16.4. The van der Waals surface area contributed by atoms with Crippen molar-refractivity contribution in [3.8, 4) is 0 Å². The molecule has 0 saturated carbocycles. The number of fused-ring (bicyclic) bond motifs is 3. The SMILES string of the molecule is CN1CC(n2c(Cn3cnnn3)nc3cnc4ccc(Cl)cc4c32)C(F)(F)C1.O=C(O)C(F)(F)F. The number of pyridine rings is 1. The Kier molecular flexibility index (Phi) is 6.31. The van der Waals surface area contributed by atoms with Crippen LogP contribution >= 0.6 is 11.6 Å². The molecular formula is C19H16ClF5N8O2. The molecule has 4 heterocycles. The number of carboxylic acids is 1. The molecule has 10 nitrogen and oxygen atoms in total. The van der Waals surface area contributed by atoms with Crippen LogP contribution in [-0.2, 0) is 11.3 Å². The van der Waals surface area contributed by atoms with Crippen LogP contribution < -0.4 is 0 Å². The Hall–Kier alpha value is -3.46. The van der Waals surface area contributed by atoms with Crippen LogP contribution in [0.3, 0.4) is 0 Å². The number of alkyl halides is 5. The van der Waals surface area contributed by atoms with E-state index in [4.69, 9.17) is 21.5 Å². The fourth-order valence-corrected chi connectivity index (χ4v) is 4.04. The fraction of sp³-hybridized carbons (Fsp3) is 0.368. The highest BCUT2D eigenvalue weighted by Crippen LogP contribution is 2.40. The lowest BCUT2D eigenvalue weighted by Gasteiger charge is -2.22. The fourth-order valence-electron chi connectivity index (χ4n) is 3.87. The van der Waals surface area contributed by atoms with Crippen molar-refractivity contribution >= 4 is 39.5 Å². The van der Waals surface area contributed by atoms with E-state index in [1.165, 1.54) is 11.0 Å². The van der Waals surface area contributed by atoms with Crippen molar-refractivity contribution in [1.29, 1.82) is 0 Å². The lowest BCUT2D eigenvalue weighted by atomic mass is 10.1. The number of rotatable bonds is 3. The van der Waals surface area contributed by atoms with E-state index >= 15 is 0 Å². The molecule has 16 heteroatoms. The Morgan fingerprint density at radius 3 is 2.57 bits per heavy atom. The summed E-state index contributed by atoms with van der Waals surface area (Å²) in [5.41, 5.74) is 1.79. The Morgan fingerprint density at radius 2 is 2.00 bits per heavy atom. The zero-order valence-corrected chi connectivity index (χ0v) is 18.5. The Bertz CT molecular complexity index is 1380. The molecule has 35 heavy (non-hydrogen) atoms. The Labute approximate surface area is 197 Å². The number of carboxylic acid groups (broad SMARTS) is 1. The van der Waals surface area contributed by atoms with Gasteiger partial charge in [0.1, 0.15) is 30.3 Å². The predicted octanol–water partition coefficient (Wildman–Crippen LogP) is 3.03. The van der Waals surface area contributed by atoms with Crippen LogP contribution in [0, 0.1) is 0 Å². The number of likely N-dealkylation sites (N-methyl/N-ethyl adjacent to an activating group) is 1. The van der Waals surface area contributed by atoms with E-state index in [1.807, 2.05) is 0 Å². The number of imidazole rings is 1. The van der Waals surface area contributed by atoms with Crippen LogP contribution in [0.5, 0.6) is 0 Å². The van der Waals surface area contributed by atoms with Gasteiger partial charge in [-0.05, 0) is 35.7 Å². The summed E-state index contributed by atoms with van der Waals surface area (Å²) in [5, 5.41) is 19.4. The van der Waals surface area contributed by atoms with E-state index in [9.17, 15) is 22.0 Å². The second-order valence-electron chi connectivity index (χ2n) is 7.84. The first kappa shape index (κ1) is 24.7. The molecule has 186 valence electrons. The van der Waals surface area contributed by atoms with Gasteiger partial charge >= 0.3 is 12.1 Å². The standard InChI is InChI=1S/C17H15ClF2N8.C2HF3O2/c1-26-6-14(17(19,20)8-26)28-15(7-27-9-22-24-25-27)23-13-5-21-12-3-2-10(18)4-11(12)16(13)28;3-2(4,5)1(6)7/h2-5,9,14H,6-8H2,1H3;(H,6,7). The summed E-state index contributed by atoms with van der Waals surface area (Å²) in [5.74, 6) is -5.23. The summed E-state index contributed by atoms with van der Waals surface area (Å²) in [6.45, 7) is 0.0525. The van der Waals surface area contributed by atoms with Gasteiger partial charge in [-0.1, -0.05) is 11.6 Å². The van der Waals surface area contributed by atoms with Crippen molar-refractivity contribution < 1.29 is 31.9 Å². The van der Waals surface area contributed by atoms with E-state index in [0.29, 0.717) is 32.8 Å². The molecule has 0 bridgehead atoms. The third kappa shape index (κ3) is 5.00. The molecule has 1 saturated heterocycles. The minimum atomic E-state index is -5.08. The number of nitrogens with zero attached hydrogens (tertiary/aromatic N) is 8. The van der Waals surface area contributed by atoms with E-state index in [-0.39, 0.29) is 19.6 Å². The van der Waals surface area contributed by atoms with Crippen LogP contribution in [0.2, 0.25) is 5.02 Å². The molecule has 0 aliphatic carbocycles. The lowest BCUT2D eigenvalue weighted by molar-refractivity contribution is -0.192. The number of halogens is 6. The van der Waals surface area contributed by atoms with Crippen molar-refractivity contribution in [2.75, 3.05) is 20.1 Å².